The third-order valence-electron chi connectivity index (χ3n) is 3.69. The molecule has 1 aliphatic rings. The molecular weight excluding hydrogens is 326 g/mol. The Morgan fingerprint density at radius 2 is 1.96 bits per heavy atom. The van der Waals surface area contributed by atoms with Crippen LogP contribution in [0.2, 0.25) is 0 Å². The van der Waals surface area contributed by atoms with Gasteiger partial charge in [-0.05, 0) is 12.5 Å². The van der Waals surface area contributed by atoms with Crippen molar-refractivity contribution < 1.29 is 14.6 Å². The van der Waals surface area contributed by atoms with Gasteiger partial charge in [-0.25, -0.2) is 9.97 Å². The van der Waals surface area contributed by atoms with Gasteiger partial charge in [0.1, 0.15) is 5.82 Å². The van der Waals surface area contributed by atoms with Crippen LogP contribution < -0.4 is 10.0 Å². The van der Waals surface area contributed by atoms with Crippen molar-refractivity contribution >= 4 is 23.5 Å². The number of carbonyl (C=O) groups excluding carboxylic acids is 1. The normalized spacial score (nSPS) is 16.0. The van der Waals surface area contributed by atoms with E-state index < -0.39 is 11.2 Å². The van der Waals surface area contributed by atoms with Crippen molar-refractivity contribution in [2.45, 2.75) is 17.3 Å². The summed E-state index contributed by atoms with van der Waals surface area (Å²) in [6.45, 7) is 4.74. The molecule has 3 rings (SSSR count). The number of morpholine rings is 1. The Bertz CT molecular complexity index is 705. The zero-order chi connectivity index (χ0) is 16.9. The van der Waals surface area contributed by atoms with Gasteiger partial charge in [-0.15, -0.1) is 0 Å². The highest BCUT2D eigenvalue weighted by molar-refractivity contribution is 8.00. The first-order valence-electron chi connectivity index (χ1n) is 7.74. The summed E-state index contributed by atoms with van der Waals surface area (Å²) < 4.78 is 5.36. The van der Waals surface area contributed by atoms with E-state index in [1.54, 1.807) is 12.1 Å². The maximum atomic E-state index is 11.6. The summed E-state index contributed by atoms with van der Waals surface area (Å²) in [5.74, 6) is -0.345. The van der Waals surface area contributed by atoms with Crippen LogP contribution in [-0.4, -0.2) is 42.2 Å². The molecule has 1 fully saturated rings. The first-order chi connectivity index (χ1) is 11.6. The van der Waals surface area contributed by atoms with E-state index in [1.165, 1.54) is 0 Å². The third-order valence-corrected chi connectivity index (χ3v) is 4.79. The zero-order valence-electron chi connectivity index (χ0n) is 13.3. The van der Waals surface area contributed by atoms with Crippen LogP contribution in [-0.2, 0) is 9.53 Å². The molecule has 0 unspecified atom stereocenters. The van der Waals surface area contributed by atoms with Crippen molar-refractivity contribution in [2.75, 3.05) is 31.2 Å². The van der Waals surface area contributed by atoms with Crippen LogP contribution in [0.25, 0.3) is 0 Å². The fraction of sp³-hybridized carbons (Fsp3) is 0.353. The molecule has 24 heavy (non-hydrogen) atoms. The molecule has 1 saturated heterocycles. The summed E-state index contributed by atoms with van der Waals surface area (Å²) >= 11 is 1.10. The van der Waals surface area contributed by atoms with Gasteiger partial charge in [0.2, 0.25) is 0 Å². The average molecular weight is 344 g/mol. The monoisotopic (exact) mass is 344 g/mol. The number of hydrogen-bond acceptors (Lipinski definition) is 7. The van der Waals surface area contributed by atoms with E-state index in [-0.39, 0.29) is 0 Å². The molecule has 0 bridgehead atoms. The number of aliphatic carboxylic acids is 1. The summed E-state index contributed by atoms with van der Waals surface area (Å²) in [5.41, 5.74) is 1.47. The second-order valence-electron chi connectivity index (χ2n) is 5.48. The standard InChI is InChI=1S/C17H19N3O3S/c1-12-11-14(20-7-9-23-10-8-20)19-17(18-12)24-15(16(21)22)13-5-3-2-4-6-13/h2-6,11,15H,7-10H2,1H3,(H,21,22)/p-1/t15-/m1/s1. The maximum Gasteiger partial charge on any atom is 0.190 e. The van der Waals surface area contributed by atoms with E-state index in [1.807, 2.05) is 31.2 Å². The Labute approximate surface area is 144 Å². The van der Waals surface area contributed by atoms with E-state index >= 15 is 0 Å². The molecule has 1 aromatic carbocycles. The second kappa shape index (κ2) is 7.63. The summed E-state index contributed by atoms with van der Waals surface area (Å²) in [5, 5.41) is 11.2. The first-order valence-corrected chi connectivity index (χ1v) is 8.62. The smallest absolute Gasteiger partial charge is 0.190 e. The van der Waals surface area contributed by atoms with Gasteiger partial charge in [-0.3, -0.25) is 0 Å². The molecule has 0 saturated carbocycles. The van der Waals surface area contributed by atoms with Gasteiger partial charge in [0.05, 0.1) is 24.4 Å². The van der Waals surface area contributed by atoms with Gasteiger partial charge >= 0.3 is 0 Å². The average Bonchev–Trinajstić information content (AvgIpc) is 2.60. The number of aromatic nitrogens is 2. The second-order valence-corrected chi connectivity index (χ2v) is 6.55. The highest BCUT2D eigenvalue weighted by atomic mass is 32.2. The zero-order valence-corrected chi connectivity index (χ0v) is 14.2. The molecule has 7 heteroatoms. The van der Waals surface area contributed by atoms with Gasteiger partial charge in [-0.2, -0.15) is 0 Å². The summed E-state index contributed by atoms with van der Waals surface area (Å²) in [6, 6.07) is 10.9. The molecule has 2 heterocycles. The van der Waals surface area contributed by atoms with Crippen molar-refractivity contribution in [3.63, 3.8) is 0 Å². The lowest BCUT2D eigenvalue weighted by molar-refractivity contribution is -0.305. The molecule has 0 spiro atoms. The lowest BCUT2D eigenvalue weighted by Gasteiger charge is -2.28. The number of carboxylic acids is 1. The van der Waals surface area contributed by atoms with Crippen molar-refractivity contribution in [2.24, 2.45) is 0 Å². The van der Waals surface area contributed by atoms with Gasteiger partial charge in [0.25, 0.3) is 0 Å². The van der Waals surface area contributed by atoms with E-state index in [2.05, 4.69) is 14.9 Å². The lowest BCUT2D eigenvalue weighted by Crippen LogP contribution is -2.37. The molecule has 0 radical (unpaired) electrons. The van der Waals surface area contributed by atoms with Crippen molar-refractivity contribution in [3.8, 4) is 0 Å². The van der Waals surface area contributed by atoms with Gasteiger partial charge in [0, 0.05) is 24.8 Å². The SMILES string of the molecule is Cc1cc(N2CCOCC2)nc(S[C@@H](C(=O)[O-])c2ccccc2)n1. The molecule has 0 aliphatic carbocycles. The summed E-state index contributed by atoms with van der Waals surface area (Å²) in [6.07, 6.45) is 0. The number of aryl methyl sites for hydroxylation is 1. The van der Waals surface area contributed by atoms with Crippen LogP contribution in [0.15, 0.2) is 41.6 Å². The molecule has 6 nitrogen and oxygen atoms in total. The Hall–Kier alpha value is -2.12. The quantitative estimate of drug-likeness (QED) is 0.596. The van der Waals surface area contributed by atoms with Gasteiger partial charge < -0.3 is 19.5 Å². The molecule has 1 atom stereocenters. The lowest BCUT2D eigenvalue weighted by atomic mass is 10.1. The van der Waals surface area contributed by atoms with Crippen LogP contribution in [0.3, 0.4) is 0 Å². The number of carboxylic acid groups (broad SMARTS) is 1. The number of thioether (sulfide) groups is 1. The predicted molar refractivity (Wildman–Crippen MR) is 89.8 cm³/mol. The number of hydrogen-bond donors (Lipinski definition) is 0. The number of rotatable bonds is 5. The minimum atomic E-state index is -1.15. The Morgan fingerprint density at radius 3 is 2.62 bits per heavy atom. The fourth-order valence-electron chi connectivity index (χ4n) is 2.52. The van der Waals surface area contributed by atoms with Crippen molar-refractivity contribution in [3.05, 3.63) is 47.7 Å². The molecule has 1 aromatic heterocycles. The van der Waals surface area contributed by atoms with E-state index in [4.69, 9.17) is 4.74 Å². The van der Waals surface area contributed by atoms with Crippen LogP contribution >= 0.6 is 11.8 Å². The number of ether oxygens (including phenoxy) is 1. The minimum absolute atomic E-state index is 0.439. The predicted octanol–water partition coefficient (Wildman–Crippen LogP) is 1.20. The number of benzene rings is 1. The molecule has 2 aromatic rings. The third kappa shape index (κ3) is 4.04. The number of carbonyl (C=O) groups is 1. The van der Waals surface area contributed by atoms with E-state index in [0.717, 1.165) is 36.4 Å². The highest BCUT2D eigenvalue weighted by Gasteiger charge is 2.19. The minimum Gasteiger partial charge on any atom is -0.549 e. The van der Waals surface area contributed by atoms with Crippen LogP contribution in [0.4, 0.5) is 5.82 Å². The van der Waals surface area contributed by atoms with E-state index in [9.17, 15) is 9.90 Å². The Morgan fingerprint density at radius 1 is 1.25 bits per heavy atom. The maximum absolute atomic E-state index is 11.6. The summed E-state index contributed by atoms with van der Waals surface area (Å²) in [7, 11) is 0. The van der Waals surface area contributed by atoms with Crippen LogP contribution in [0.5, 0.6) is 0 Å². The molecular formula is C17H18N3O3S-. The molecule has 126 valence electrons. The van der Waals surface area contributed by atoms with Gasteiger partial charge in [-0.1, -0.05) is 42.1 Å². The largest absolute Gasteiger partial charge is 0.549 e. The first kappa shape index (κ1) is 16.7. The molecule has 0 N–H and O–H groups in total. The number of nitrogens with zero attached hydrogens (tertiary/aromatic N) is 3. The van der Waals surface area contributed by atoms with Crippen LogP contribution in [0, 0.1) is 6.92 Å². The van der Waals surface area contributed by atoms with Crippen molar-refractivity contribution in [1.29, 1.82) is 0 Å². The van der Waals surface area contributed by atoms with Gasteiger partial charge in [0.15, 0.2) is 5.16 Å². The summed E-state index contributed by atoms with van der Waals surface area (Å²) in [4.78, 5) is 22.6. The Kier molecular flexibility index (Phi) is 5.32. The molecule has 1 aliphatic heterocycles. The molecule has 0 amide bonds. The van der Waals surface area contributed by atoms with Crippen molar-refractivity contribution in [1.82, 2.24) is 9.97 Å². The van der Waals surface area contributed by atoms with E-state index in [0.29, 0.717) is 23.9 Å². The highest BCUT2D eigenvalue weighted by Crippen LogP contribution is 2.33. The topological polar surface area (TPSA) is 78.4 Å². The fourth-order valence-corrected chi connectivity index (χ4v) is 3.46. The Balaban J connectivity index is 1.85. The number of anilines is 1. The van der Waals surface area contributed by atoms with Crippen LogP contribution in [0.1, 0.15) is 16.5 Å².